The van der Waals surface area contributed by atoms with Crippen molar-refractivity contribution < 1.29 is 28.7 Å². The monoisotopic (exact) mass is 283 g/mol. The Morgan fingerprint density at radius 1 is 1.35 bits per heavy atom. The van der Waals surface area contributed by atoms with E-state index in [1.54, 1.807) is 6.92 Å². The van der Waals surface area contributed by atoms with E-state index in [0.29, 0.717) is 11.1 Å². The highest BCUT2D eigenvalue weighted by atomic mass is 19.1. The number of carboxylic acid groups (broad SMARTS) is 1. The molecule has 1 aromatic rings. The zero-order chi connectivity index (χ0) is 15.3. The lowest BCUT2D eigenvalue weighted by molar-refractivity contribution is -0.180. The maximum absolute atomic E-state index is 13.1. The summed E-state index contributed by atoms with van der Waals surface area (Å²) in [6, 6.07) is 4.26. The minimum atomic E-state index is -1.67. The summed E-state index contributed by atoms with van der Waals surface area (Å²) in [4.78, 5) is 37.9. The maximum Gasteiger partial charge on any atom is 0.372 e. The first kappa shape index (κ1) is 15.8. The van der Waals surface area contributed by atoms with Crippen molar-refractivity contribution >= 4 is 17.7 Å². The zero-order valence-corrected chi connectivity index (χ0v) is 11.1. The third kappa shape index (κ3) is 4.13. The molecule has 0 aromatic heterocycles. The number of carboxylic acids is 1. The molecule has 0 unspecified atom stereocenters. The number of benzene rings is 1. The maximum atomic E-state index is 13.1. The van der Waals surface area contributed by atoms with E-state index in [4.69, 9.17) is 9.94 Å². The first-order valence-corrected chi connectivity index (χ1v) is 5.70. The van der Waals surface area contributed by atoms with Gasteiger partial charge in [-0.1, -0.05) is 12.1 Å². The highest BCUT2D eigenvalue weighted by molar-refractivity contribution is 6.36. The number of hydrogen-bond acceptors (Lipinski definition) is 4. The van der Waals surface area contributed by atoms with Gasteiger partial charge in [0.25, 0.3) is 5.91 Å². The van der Waals surface area contributed by atoms with Crippen LogP contribution in [0.2, 0.25) is 0 Å². The molecule has 6 nitrogen and oxygen atoms in total. The number of halogens is 1. The van der Waals surface area contributed by atoms with Crippen LogP contribution >= 0.6 is 0 Å². The Labute approximate surface area is 114 Å². The largest absolute Gasteiger partial charge is 0.475 e. The number of carbonyl (C=O) groups is 3. The molecule has 0 radical (unpaired) electrons. The number of ketones is 1. The fourth-order valence-electron chi connectivity index (χ4n) is 1.53. The summed E-state index contributed by atoms with van der Waals surface area (Å²) in [5.41, 5.74) is 1.01. The van der Waals surface area contributed by atoms with Crippen LogP contribution in [0.4, 0.5) is 4.39 Å². The highest BCUT2D eigenvalue weighted by Crippen LogP contribution is 2.12. The van der Waals surface area contributed by atoms with Crippen LogP contribution in [0.1, 0.15) is 17.5 Å². The molecule has 0 heterocycles. The van der Waals surface area contributed by atoms with E-state index in [2.05, 4.69) is 0 Å². The van der Waals surface area contributed by atoms with Crippen LogP contribution < -0.4 is 0 Å². The van der Waals surface area contributed by atoms with Crippen LogP contribution in [0.3, 0.4) is 0 Å². The number of nitrogens with zero attached hydrogens (tertiary/aromatic N) is 1. The molecule has 0 aliphatic heterocycles. The van der Waals surface area contributed by atoms with Crippen LogP contribution in [0.25, 0.3) is 0 Å². The number of hydroxylamine groups is 2. The van der Waals surface area contributed by atoms with E-state index < -0.39 is 24.1 Å². The van der Waals surface area contributed by atoms with Gasteiger partial charge < -0.3 is 5.11 Å². The predicted molar refractivity (Wildman–Crippen MR) is 66.0 cm³/mol. The van der Waals surface area contributed by atoms with Crippen molar-refractivity contribution in [2.75, 3.05) is 7.11 Å². The van der Waals surface area contributed by atoms with E-state index in [1.807, 2.05) is 0 Å². The Morgan fingerprint density at radius 2 is 2.00 bits per heavy atom. The summed E-state index contributed by atoms with van der Waals surface area (Å²) in [5.74, 6) is -4.04. The molecular formula is C13H14FNO5. The van der Waals surface area contributed by atoms with Gasteiger partial charge in [-0.25, -0.2) is 14.2 Å². The number of hydrogen-bond donors (Lipinski definition) is 1. The van der Waals surface area contributed by atoms with Gasteiger partial charge in [0.1, 0.15) is 5.82 Å². The highest BCUT2D eigenvalue weighted by Gasteiger charge is 2.22. The molecule has 0 atom stereocenters. The first-order chi connectivity index (χ1) is 9.35. The molecular weight excluding hydrogens is 269 g/mol. The van der Waals surface area contributed by atoms with E-state index in [0.717, 1.165) is 5.06 Å². The predicted octanol–water partition coefficient (Wildman–Crippen LogP) is 1.07. The molecule has 0 spiro atoms. The summed E-state index contributed by atoms with van der Waals surface area (Å²) in [7, 11) is 1.22. The standard InChI is InChI=1S/C13H14FNO5/c1-8-5-9(3-4-10(8)14)7-15(20-2)12(17)6-11(16)13(18)19/h3-5H,6-7H2,1-2H3,(H,18,19). The van der Waals surface area contributed by atoms with Crippen molar-refractivity contribution in [3.8, 4) is 0 Å². The average molecular weight is 283 g/mol. The van der Waals surface area contributed by atoms with E-state index in [9.17, 15) is 18.8 Å². The lowest BCUT2D eigenvalue weighted by Gasteiger charge is -2.19. The molecule has 0 saturated heterocycles. The summed E-state index contributed by atoms with van der Waals surface area (Å²) in [6.07, 6.45) is -0.788. The summed E-state index contributed by atoms with van der Waals surface area (Å²) in [6.45, 7) is 1.56. The molecule has 0 saturated carbocycles. The van der Waals surface area contributed by atoms with Gasteiger partial charge in [0.15, 0.2) is 0 Å². The Morgan fingerprint density at radius 3 is 2.50 bits per heavy atom. The summed E-state index contributed by atoms with van der Waals surface area (Å²) >= 11 is 0. The fourth-order valence-corrected chi connectivity index (χ4v) is 1.53. The number of aliphatic carboxylic acids is 1. The van der Waals surface area contributed by atoms with E-state index in [-0.39, 0.29) is 12.4 Å². The molecule has 0 bridgehead atoms. The van der Waals surface area contributed by atoms with Gasteiger partial charge in [-0.05, 0) is 24.1 Å². The first-order valence-electron chi connectivity index (χ1n) is 5.70. The van der Waals surface area contributed by atoms with Gasteiger partial charge in [0.2, 0.25) is 5.78 Å². The van der Waals surface area contributed by atoms with Gasteiger partial charge in [-0.2, -0.15) is 0 Å². The number of aryl methyl sites for hydroxylation is 1. The molecule has 0 fully saturated rings. The molecule has 1 aromatic carbocycles. The molecule has 108 valence electrons. The second-order valence-corrected chi connectivity index (χ2v) is 4.10. The second-order valence-electron chi connectivity index (χ2n) is 4.10. The van der Waals surface area contributed by atoms with Gasteiger partial charge in [-0.15, -0.1) is 0 Å². The molecule has 1 rings (SSSR count). The summed E-state index contributed by atoms with van der Waals surface area (Å²) < 4.78 is 13.1. The summed E-state index contributed by atoms with van der Waals surface area (Å²) in [5, 5.41) is 9.29. The normalized spacial score (nSPS) is 10.2. The molecule has 0 aliphatic rings. The van der Waals surface area contributed by atoms with Crippen molar-refractivity contribution in [1.82, 2.24) is 5.06 Å². The fraction of sp³-hybridized carbons (Fsp3) is 0.308. The van der Waals surface area contributed by atoms with Crippen molar-refractivity contribution in [2.24, 2.45) is 0 Å². The minimum absolute atomic E-state index is 0.0106. The Balaban J connectivity index is 2.75. The Hall–Kier alpha value is -2.28. The topological polar surface area (TPSA) is 83.9 Å². The number of amides is 1. The third-order valence-corrected chi connectivity index (χ3v) is 2.60. The van der Waals surface area contributed by atoms with Crippen molar-refractivity contribution in [3.63, 3.8) is 0 Å². The molecule has 20 heavy (non-hydrogen) atoms. The van der Waals surface area contributed by atoms with Gasteiger partial charge in [0.05, 0.1) is 20.1 Å². The van der Waals surface area contributed by atoms with Crippen molar-refractivity contribution in [1.29, 1.82) is 0 Å². The zero-order valence-electron chi connectivity index (χ0n) is 11.1. The van der Waals surface area contributed by atoms with Gasteiger partial charge in [0, 0.05) is 0 Å². The quantitative estimate of drug-likeness (QED) is 0.479. The number of carbonyl (C=O) groups excluding carboxylic acids is 2. The lowest BCUT2D eigenvalue weighted by atomic mass is 10.1. The average Bonchev–Trinajstić information content (AvgIpc) is 2.39. The van der Waals surface area contributed by atoms with E-state index >= 15 is 0 Å². The second kappa shape index (κ2) is 6.76. The van der Waals surface area contributed by atoms with Crippen LogP contribution in [0.15, 0.2) is 18.2 Å². The third-order valence-electron chi connectivity index (χ3n) is 2.60. The number of Topliss-reactive ketones (excluding diaryl/α,β-unsaturated/α-hetero) is 1. The number of rotatable bonds is 6. The van der Waals surface area contributed by atoms with Crippen LogP contribution in [0, 0.1) is 12.7 Å². The van der Waals surface area contributed by atoms with Crippen molar-refractivity contribution in [3.05, 3.63) is 35.1 Å². The molecule has 7 heteroatoms. The van der Waals surface area contributed by atoms with Gasteiger partial charge >= 0.3 is 5.97 Å². The van der Waals surface area contributed by atoms with Crippen LogP contribution in [0.5, 0.6) is 0 Å². The van der Waals surface area contributed by atoms with Gasteiger partial charge in [-0.3, -0.25) is 14.4 Å². The van der Waals surface area contributed by atoms with Crippen LogP contribution in [-0.2, 0) is 25.8 Å². The Kier molecular flexibility index (Phi) is 5.33. The smallest absolute Gasteiger partial charge is 0.372 e. The Bertz CT molecular complexity index is 544. The van der Waals surface area contributed by atoms with Crippen LogP contribution in [-0.4, -0.2) is 34.9 Å². The van der Waals surface area contributed by atoms with Crippen molar-refractivity contribution in [2.45, 2.75) is 19.9 Å². The minimum Gasteiger partial charge on any atom is -0.475 e. The molecule has 1 N–H and O–H groups in total. The molecule has 1 amide bonds. The lowest BCUT2D eigenvalue weighted by Crippen LogP contribution is -2.32. The van der Waals surface area contributed by atoms with E-state index in [1.165, 1.54) is 25.3 Å². The molecule has 0 aliphatic carbocycles. The SMILES string of the molecule is CON(Cc1ccc(F)c(C)c1)C(=O)CC(=O)C(=O)O.